The van der Waals surface area contributed by atoms with Crippen molar-refractivity contribution in [3.05, 3.63) is 94.0 Å². The molecule has 0 aliphatic heterocycles. The minimum Gasteiger partial charge on any atom is -0.350 e. The maximum absolute atomic E-state index is 12.6. The minimum atomic E-state index is -3.92. The van der Waals surface area contributed by atoms with E-state index in [-0.39, 0.29) is 45.2 Å². The zero-order valence-electron chi connectivity index (χ0n) is 16.6. The van der Waals surface area contributed by atoms with E-state index in [2.05, 4.69) is 15.4 Å². The Morgan fingerprint density at radius 3 is 2.00 bits per heavy atom. The fourth-order valence-electron chi connectivity index (χ4n) is 2.73. The Bertz CT molecular complexity index is 1230. The predicted octanol–water partition coefficient (Wildman–Crippen LogP) is 3.95. The molecule has 0 atom stereocenters. The number of hydrogen-bond acceptors (Lipinski definition) is 4. The molecule has 3 rings (SSSR count). The number of hydrogen-bond donors (Lipinski definition) is 3. The number of rotatable bonds is 8. The first kappa shape index (κ1) is 23.6. The lowest BCUT2D eigenvalue weighted by molar-refractivity contribution is 0.0927. The van der Waals surface area contributed by atoms with Crippen LogP contribution in [-0.4, -0.2) is 33.3 Å². The van der Waals surface area contributed by atoms with Gasteiger partial charge in [0.1, 0.15) is 0 Å². The first-order chi connectivity index (χ1) is 15.3. The van der Waals surface area contributed by atoms with Crippen LogP contribution < -0.4 is 15.4 Å². The van der Waals surface area contributed by atoms with E-state index in [0.29, 0.717) is 5.56 Å². The molecular weight excluding hydrogens is 473 g/mol. The first-order valence-corrected chi connectivity index (χ1v) is 11.7. The van der Waals surface area contributed by atoms with Gasteiger partial charge >= 0.3 is 0 Å². The molecule has 0 aliphatic carbocycles. The monoisotopic (exact) mass is 491 g/mol. The van der Waals surface area contributed by atoms with Crippen LogP contribution in [0.5, 0.6) is 0 Å². The summed E-state index contributed by atoms with van der Waals surface area (Å²) in [6.07, 6.45) is 0. The molecule has 0 saturated carbocycles. The highest BCUT2D eigenvalue weighted by molar-refractivity contribution is 7.92. The molecule has 0 bridgehead atoms. The molecule has 0 aromatic heterocycles. The van der Waals surface area contributed by atoms with Crippen molar-refractivity contribution in [2.24, 2.45) is 0 Å². The van der Waals surface area contributed by atoms with Crippen LogP contribution in [0.3, 0.4) is 0 Å². The lowest BCUT2D eigenvalue weighted by atomic mass is 10.2. The Morgan fingerprint density at radius 2 is 1.34 bits per heavy atom. The van der Waals surface area contributed by atoms with Gasteiger partial charge in [0.15, 0.2) is 0 Å². The smallest absolute Gasteiger partial charge is 0.261 e. The summed E-state index contributed by atoms with van der Waals surface area (Å²) in [5, 5.41) is 5.74. The first-order valence-electron chi connectivity index (χ1n) is 9.45. The van der Waals surface area contributed by atoms with Gasteiger partial charge < -0.3 is 10.6 Å². The molecule has 166 valence electrons. The molecule has 2 amide bonds. The standard InChI is InChI=1S/C22H19Cl2N3O4S/c23-19-10-9-18(14-20(19)24)32(30,31)27-17-8-4-7-16(13-17)22(29)26-12-11-25-21(28)15-5-2-1-3-6-15/h1-10,13-14,27H,11-12H2,(H,25,28)(H,26,29). The van der Waals surface area contributed by atoms with Gasteiger partial charge in [0, 0.05) is 29.9 Å². The van der Waals surface area contributed by atoms with E-state index in [1.165, 1.54) is 30.3 Å². The fraction of sp³-hybridized carbons (Fsp3) is 0.0909. The Kier molecular flexibility index (Phi) is 7.74. The van der Waals surface area contributed by atoms with Crippen LogP contribution in [0.4, 0.5) is 5.69 Å². The van der Waals surface area contributed by atoms with Gasteiger partial charge in [0.2, 0.25) is 0 Å². The van der Waals surface area contributed by atoms with Crippen LogP contribution in [0.25, 0.3) is 0 Å². The maximum atomic E-state index is 12.6. The third-order valence-electron chi connectivity index (χ3n) is 4.31. The van der Waals surface area contributed by atoms with Crippen LogP contribution in [0.2, 0.25) is 10.0 Å². The van der Waals surface area contributed by atoms with Crippen LogP contribution in [0.15, 0.2) is 77.7 Å². The van der Waals surface area contributed by atoms with Gasteiger partial charge in [-0.15, -0.1) is 0 Å². The van der Waals surface area contributed by atoms with E-state index in [1.807, 2.05) is 6.07 Å². The highest BCUT2D eigenvalue weighted by atomic mass is 35.5. The highest BCUT2D eigenvalue weighted by Gasteiger charge is 2.16. The second kappa shape index (κ2) is 10.5. The van der Waals surface area contributed by atoms with Crippen molar-refractivity contribution in [1.29, 1.82) is 0 Å². The van der Waals surface area contributed by atoms with Crippen molar-refractivity contribution in [3.8, 4) is 0 Å². The van der Waals surface area contributed by atoms with Gasteiger partial charge in [-0.3, -0.25) is 14.3 Å². The molecule has 3 N–H and O–H groups in total. The molecule has 0 saturated heterocycles. The molecule has 7 nitrogen and oxygen atoms in total. The lowest BCUT2D eigenvalue weighted by Gasteiger charge is -2.11. The van der Waals surface area contributed by atoms with E-state index in [4.69, 9.17) is 23.2 Å². The van der Waals surface area contributed by atoms with E-state index in [0.717, 1.165) is 0 Å². The molecule has 32 heavy (non-hydrogen) atoms. The quantitative estimate of drug-likeness (QED) is 0.414. The summed E-state index contributed by atoms with van der Waals surface area (Å²) in [5.41, 5.74) is 0.996. The number of anilines is 1. The number of carbonyl (C=O) groups is 2. The predicted molar refractivity (Wildman–Crippen MR) is 125 cm³/mol. The second-order valence-electron chi connectivity index (χ2n) is 6.64. The summed E-state index contributed by atoms with van der Waals surface area (Å²) in [6, 6.07) is 18.7. The van der Waals surface area contributed by atoms with Gasteiger partial charge in [0.25, 0.3) is 21.8 Å². The number of nitrogens with one attached hydrogen (secondary N) is 3. The minimum absolute atomic E-state index is 0.0593. The van der Waals surface area contributed by atoms with Gasteiger partial charge in [-0.1, -0.05) is 47.5 Å². The number of benzene rings is 3. The summed E-state index contributed by atoms with van der Waals surface area (Å²) in [4.78, 5) is 24.3. The van der Waals surface area contributed by atoms with Crippen LogP contribution in [0, 0.1) is 0 Å². The maximum Gasteiger partial charge on any atom is 0.261 e. The summed E-state index contributed by atoms with van der Waals surface area (Å²) in [7, 11) is -3.92. The lowest BCUT2D eigenvalue weighted by Crippen LogP contribution is -2.34. The van der Waals surface area contributed by atoms with Crippen molar-refractivity contribution in [1.82, 2.24) is 10.6 Å². The van der Waals surface area contributed by atoms with Crippen LogP contribution in [0.1, 0.15) is 20.7 Å². The molecule has 0 aliphatic rings. The molecule has 3 aromatic rings. The summed E-state index contributed by atoms with van der Waals surface area (Å²) >= 11 is 11.7. The van der Waals surface area contributed by atoms with Crippen LogP contribution >= 0.6 is 23.2 Å². The van der Waals surface area contributed by atoms with E-state index in [9.17, 15) is 18.0 Å². The van der Waals surface area contributed by atoms with Gasteiger partial charge in [-0.2, -0.15) is 0 Å². The van der Waals surface area contributed by atoms with Crippen molar-refractivity contribution in [2.75, 3.05) is 17.8 Å². The number of sulfonamides is 1. The molecule has 10 heteroatoms. The Labute approximate surface area is 195 Å². The molecule has 0 fully saturated rings. The highest BCUT2D eigenvalue weighted by Crippen LogP contribution is 2.26. The molecule has 0 unspecified atom stereocenters. The molecule has 0 radical (unpaired) electrons. The van der Waals surface area contributed by atoms with Crippen molar-refractivity contribution < 1.29 is 18.0 Å². The molecule has 0 heterocycles. The van der Waals surface area contributed by atoms with Gasteiger partial charge in [-0.05, 0) is 48.5 Å². The van der Waals surface area contributed by atoms with E-state index in [1.54, 1.807) is 36.4 Å². The molecule has 0 spiro atoms. The average Bonchev–Trinajstić information content (AvgIpc) is 2.78. The topological polar surface area (TPSA) is 104 Å². The second-order valence-corrected chi connectivity index (χ2v) is 9.14. The SMILES string of the molecule is O=C(NCCNC(=O)c1cccc(NS(=O)(=O)c2ccc(Cl)c(Cl)c2)c1)c1ccccc1. The summed E-state index contributed by atoms with van der Waals surface area (Å²) in [6.45, 7) is 0.444. The fourth-order valence-corrected chi connectivity index (χ4v) is 4.17. The summed E-state index contributed by atoms with van der Waals surface area (Å²) in [5.74, 6) is -0.645. The summed E-state index contributed by atoms with van der Waals surface area (Å²) < 4.78 is 27.6. The number of carbonyl (C=O) groups excluding carboxylic acids is 2. The number of amides is 2. The zero-order valence-corrected chi connectivity index (χ0v) is 19.0. The van der Waals surface area contributed by atoms with Crippen molar-refractivity contribution in [3.63, 3.8) is 0 Å². The zero-order chi connectivity index (χ0) is 23.1. The number of halogens is 2. The van der Waals surface area contributed by atoms with Gasteiger partial charge in [0.05, 0.1) is 14.9 Å². The van der Waals surface area contributed by atoms with E-state index < -0.39 is 15.9 Å². The van der Waals surface area contributed by atoms with Crippen LogP contribution in [-0.2, 0) is 10.0 Å². The third kappa shape index (κ3) is 6.23. The Morgan fingerprint density at radius 1 is 0.719 bits per heavy atom. The molecular formula is C22H19Cl2N3O4S. The molecule has 3 aromatic carbocycles. The normalized spacial score (nSPS) is 10.9. The van der Waals surface area contributed by atoms with Crippen molar-refractivity contribution in [2.45, 2.75) is 4.90 Å². The average molecular weight is 492 g/mol. The third-order valence-corrected chi connectivity index (χ3v) is 6.43. The Balaban J connectivity index is 1.57. The van der Waals surface area contributed by atoms with Gasteiger partial charge in [-0.25, -0.2) is 8.42 Å². The van der Waals surface area contributed by atoms with Crippen molar-refractivity contribution >= 4 is 50.7 Å². The Hall–Kier alpha value is -3.07. The largest absolute Gasteiger partial charge is 0.350 e. The van der Waals surface area contributed by atoms with E-state index >= 15 is 0 Å².